The summed E-state index contributed by atoms with van der Waals surface area (Å²) in [4.78, 5) is 24.1. The maximum Gasteiger partial charge on any atom is 0.141 e. The van der Waals surface area contributed by atoms with Gasteiger partial charge in [-0.25, -0.2) is 0 Å². The Bertz CT molecular complexity index is 258. The molecule has 0 N–H and O–H groups in total. The van der Waals surface area contributed by atoms with Gasteiger partial charge in [-0.3, -0.25) is 4.79 Å². The summed E-state index contributed by atoms with van der Waals surface area (Å²) >= 11 is 0. The number of carbonyl (C=O) groups is 2. The van der Waals surface area contributed by atoms with Crippen molar-refractivity contribution in [2.75, 3.05) is 0 Å². The van der Waals surface area contributed by atoms with E-state index in [4.69, 9.17) is 0 Å². The molecule has 0 aromatic carbocycles. The van der Waals surface area contributed by atoms with Crippen LogP contribution >= 0.6 is 0 Å². The predicted octanol–water partition coefficient (Wildman–Crippen LogP) is 4.14. The lowest BCUT2D eigenvalue weighted by Crippen LogP contribution is -2.53. The lowest BCUT2D eigenvalue weighted by Gasteiger charge is -2.41. The first kappa shape index (κ1) is 16.6. The SMILES string of the molecule is CCC(=O)CC(=O)[Si](C(C)C)(C(C)C)C(C)C. The molecule has 0 aromatic heterocycles. The molecule has 0 unspecified atom stereocenters. The van der Waals surface area contributed by atoms with Crippen molar-refractivity contribution in [1.82, 2.24) is 0 Å². The van der Waals surface area contributed by atoms with Gasteiger partial charge in [-0.05, 0) is 16.6 Å². The summed E-state index contributed by atoms with van der Waals surface area (Å²) < 4.78 is 0. The summed E-state index contributed by atoms with van der Waals surface area (Å²) in [5, 5.41) is 0.268. The molecular weight excluding hydrogens is 228 g/mol. The van der Waals surface area contributed by atoms with Gasteiger partial charge < -0.3 is 4.79 Å². The number of rotatable bonds is 7. The van der Waals surface area contributed by atoms with Crippen LogP contribution in [-0.4, -0.2) is 19.3 Å². The maximum absolute atomic E-state index is 12.6. The third-order valence-electron chi connectivity index (χ3n) is 4.10. The van der Waals surface area contributed by atoms with Gasteiger partial charge in [0, 0.05) is 6.42 Å². The molecule has 17 heavy (non-hydrogen) atoms. The van der Waals surface area contributed by atoms with Crippen LogP contribution in [0.3, 0.4) is 0 Å². The molecule has 0 aromatic rings. The highest BCUT2D eigenvalue weighted by molar-refractivity contribution is 7.09. The maximum atomic E-state index is 12.6. The molecule has 0 aliphatic rings. The van der Waals surface area contributed by atoms with Crippen molar-refractivity contribution in [1.29, 1.82) is 0 Å². The number of Topliss-reactive ketones (excluding diaryl/α,β-unsaturated/α-hetero) is 1. The fourth-order valence-electron chi connectivity index (χ4n) is 3.42. The van der Waals surface area contributed by atoms with Gasteiger partial charge >= 0.3 is 0 Å². The van der Waals surface area contributed by atoms with Crippen LogP contribution in [-0.2, 0) is 9.59 Å². The highest BCUT2D eigenvalue weighted by atomic mass is 28.3. The van der Waals surface area contributed by atoms with E-state index < -0.39 is 8.07 Å². The first-order chi connectivity index (χ1) is 7.71. The number of hydrogen-bond donors (Lipinski definition) is 0. The van der Waals surface area contributed by atoms with E-state index in [2.05, 4.69) is 41.5 Å². The fourth-order valence-corrected chi connectivity index (χ4v) is 9.86. The molecule has 0 heterocycles. The van der Waals surface area contributed by atoms with Gasteiger partial charge in [0.25, 0.3) is 0 Å². The molecule has 0 saturated carbocycles. The quantitative estimate of drug-likeness (QED) is 0.507. The van der Waals surface area contributed by atoms with E-state index in [1.165, 1.54) is 0 Å². The largest absolute Gasteiger partial charge is 0.305 e. The third kappa shape index (κ3) is 3.27. The summed E-state index contributed by atoms with van der Waals surface area (Å²) in [5.41, 5.74) is 1.21. The second-order valence-corrected chi connectivity index (χ2v) is 11.8. The average molecular weight is 256 g/mol. The monoisotopic (exact) mass is 256 g/mol. The zero-order valence-corrected chi connectivity index (χ0v) is 13.5. The van der Waals surface area contributed by atoms with Crippen molar-refractivity contribution in [3.63, 3.8) is 0 Å². The Hall–Kier alpha value is -0.443. The molecule has 3 heteroatoms. The molecule has 0 atom stereocenters. The predicted molar refractivity (Wildman–Crippen MR) is 76.0 cm³/mol. The van der Waals surface area contributed by atoms with E-state index in [1.807, 2.05) is 6.92 Å². The Kier molecular flexibility index (Phi) is 6.31. The summed E-state index contributed by atoms with van der Waals surface area (Å²) in [6, 6.07) is 0. The third-order valence-corrected chi connectivity index (χ3v) is 11.0. The van der Waals surface area contributed by atoms with Crippen LogP contribution in [0.4, 0.5) is 0 Å². The molecule has 0 rings (SSSR count). The first-order valence-electron chi connectivity index (χ1n) is 6.76. The minimum Gasteiger partial charge on any atom is -0.305 e. The summed E-state index contributed by atoms with van der Waals surface area (Å²) in [5.74, 6) is 0.0915. The zero-order valence-electron chi connectivity index (χ0n) is 12.5. The van der Waals surface area contributed by atoms with Gasteiger partial charge in [0.2, 0.25) is 0 Å². The van der Waals surface area contributed by atoms with Crippen LogP contribution in [0, 0.1) is 0 Å². The van der Waals surface area contributed by atoms with Crippen LogP contribution in [0.5, 0.6) is 0 Å². The summed E-state index contributed by atoms with van der Waals surface area (Å²) in [7, 11) is -2.07. The van der Waals surface area contributed by atoms with Gasteiger partial charge in [0.1, 0.15) is 19.3 Å². The van der Waals surface area contributed by atoms with Crippen molar-refractivity contribution in [3.05, 3.63) is 0 Å². The van der Waals surface area contributed by atoms with Crippen LogP contribution < -0.4 is 0 Å². The highest BCUT2D eigenvalue weighted by Gasteiger charge is 2.49. The number of hydrogen-bond acceptors (Lipinski definition) is 2. The molecule has 2 nitrogen and oxygen atoms in total. The van der Waals surface area contributed by atoms with Gasteiger partial charge in [-0.15, -0.1) is 0 Å². The van der Waals surface area contributed by atoms with Gasteiger partial charge in [0.15, 0.2) is 0 Å². The minimum absolute atomic E-state index is 0.0915. The molecule has 0 aliphatic carbocycles. The Labute approximate surface area is 107 Å². The average Bonchev–Trinajstić information content (AvgIpc) is 2.16. The van der Waals surface area contributed by atoms with Crippen molar-refractivity contribution in [3.8, 4) is 0 Å². The van der Waals surface area contributed by atoms with E-state index in [1.54, 1.807) is 0 Å². The Balaban J connectivity index is 5.30. The minimum atomic E-state index is -2.07. The van der Waals surface area contributed by atoms with Crippen molar-refractivity contribution >= 4 is 19.3 Å². The van der Waals surface area contributed by atoms with E-state index in [-0.39, 0.29) is 17.6 Å². The van der Waals surface area contributed by atoms with Crippen molar-refractivity contribution < 1.29 is 9.59 Å². The first-order valence-corrected chi connectivity index (χ1v) is 8.99. The smallest absolute Gasteiger partial charge is 0.141 e. The Morgan fingerprint density at radius 3 is 1.47 bits per heavy atom. The standard InChI is InChI=1S/C14H28O2Si/c1-8-13(15)9-14(16)17(10(2)3,11(4)5)12(6)7/h10-12H,8-9H2,1-7H3. The molecule has 100 valence electrons. The molecule has 0 bridgehead atoms. The van der Waals surface area contributed by atoms with Gasteiger partial charge in [0.05, 0.1) is 6.42 Å². The summed E-state index contributed by atoms with van der Waals surface area (Å²) in [6.07, 6.45) is 0.641. The molecule has 0 aliphatic heterocycles. The lowest BCUT2D eigenvalue weighted by molar-refractivity contribution is -0.123. The van der Waals surface area contributed by atoms with Crippen molar-refractivity contribution in [2.45, 2.75) is 77.9 Å². The number of ketones is 1. The second-order valence-electron chi connectivity index (χ2n) is 5.89. The lowest BCUT2D eigenvalue weighted by atomic mass is 10.2. The summed E-state index contributed by atoms with van der Waals surface area (Å²) in [6.45, 7) is 14.8. The van der Waals surface area contributed by atoms with E-state index in [0.29, 0.717) is 23.0 Å². The van der Waals surface area contributed by atoms with Gasteiger partial charge in [-0.1, -0.05) is 48.5 Å². The molecule has 0 amide bonds. The topological polar surface area (TPSA) is 34.1 Å². The van der Waals surface area contributed by atoms with E-state index in [9.17, 15) is 9.59 Å². The molecule has 0 fully saturated rings. The van der Waals surface area contributed by atoms with Crippen LogP contribution in [0.15, 0.2) is 0 Å². The number of carbonyl (C=O) groups excluding carboxylic acids is 2. The molecular formula is C14H28O2Si. The van der Waals surface area contributed by atoms with Crippen molar-refractivity contribution in [2.24, 2.45) is 0 Å². The van der Waals surface area contributed by atoms with Crippen LogP contribution in [0.1, 0.15) is 61.3 Å². The normalized spacial score (nSPS) is 12.6. The second kappa shape index (κ2) is 6.48. The van der Waals surface area contributed by atoms with Gasteiger partial charge in [-0.2, -0.15) is 0 Å². The molecule has 0 spiro atoms. The molecule has 0 radical (unpaired) electrons. The highest BCUT2D eigenvalue weighted by Crippen LogP contribution is 2.42. The Morgan fingerprint density at radius 2 is 1.24 bits per heavy atom. The van der Waals surface area contributed by atoms with E-state index >= 15 is 0 Å². The van der Waals surface area contributed by atoms with E-state index in [0.717, 1.165) is 0 Å². The van der Waals surface area contributed by atoms with Crippen LogP contribution in [0.2, 0.25) is 16.6 Å². The fraction of sp³-hybridized carbons (Fsp3) is 0.857. The zero-order chi connectivity index (χ0) is 13.8. The molecule has 0 saturated heterocycles. The Morgan fingerprint density at radius 1 is 0.882 bits per heavy atom. The van der Waals surface area contributed by atoms with Crippen LogP contribution in [0.25, 0.3) is 0 Å².